The SMILES string of the molecule is CC(=O)C1(N=C(C)N)c2cc(Br)ccc2CC12CCc1ccccc1CC2.CC(C)C. The summed E-state index contributed by atoms with van der Waals surface area (Å²) in [7, 11) is 0. The number of nitrogens with two attached hydrogens (primary N) is 1. The standard InChI is InChI=1S/C23H25BrN2O.C4H10/c1-15(27)23(26-16(2)25)21-13-20(24)8-7-19(21)14-22(23)11-9-17-5-3-4-6-18(17)10-12-22;1-4(2)3/h3-8,13H,9-12,14H2,1-2H3,(H2,25,26);4H,1-3H3. The van der Waals surface area contributed by atoms with Crippen molar-refractivity contribution in [3.05, 3.63) is 69.2 Å². The molecule has 2 aromatic carbocycles. The molecule has 2 aromatic rings. The highest BCUT2D eigenvalue weighted by atomic mass is 79.9. The summed E-state index contributed by atoms with van der Waals surface area (Å²) < 4.78 is 0.978. The number of hydrogen-bond donors (Lipinski definition) is 1. The smallest absolute Gasteiger partial charge is 0.162 e. The van der Waals surface area contributed by atoms with Gasteiger partial charge in [-0.1, -0.05) is 67.0 Å². The number of rotatable bonds is 2. The number of ketones is 1. The van der Waals surface area contributed by atoms with Gasteiger partial charge in [0.15, 0.2) is 11.3 Å². The van der Waals surface area contributed by atoms with E-state index in [0.717, 1.165) is 48.1 Å². The van der Waals surface area contributed by atoms with Crippen LogP contribution in [-0.4, -0.2) is 11.6 Å². The van der Waals surface area contributed by atoms with Crippen LogP contribution in [-0.2, 0) is 29.6 Å². The van der Waals surface area contributed by atoms with Gasteiger partial charge in [-0.2, -0.15) is 0 Å². The minimum Gasteiger partial charge on any atom is -0.388 e. The summed E-state index contributed by atoms with van der Waals surface area (Å²) >= 11 is 3.59. The van der Waals surface area contributed by atoms with Crippen LogP contribution in [0.5, 0.6) is 0 Å². The summed E-state index contributed by atoms with van der Waals surface area (Å²) in [4.78, 5) is 18.2. The maximum Gasteiger partial charge on any atom is 0.162 e. The molecule has 0 aromatic heterocycles. The van der Waals surface area contributed by atoms with Gasteiger partial charge in [0.25, 0.3) is 0 Å². The highest BCUT2D eigenvalue weighted by Crippen LogP contribution is 2.59. The van der Waals surface area contributed by atoms with E-state index in [4.69, 9.17) is 10.7 Å². The molecule has 0 saturated heterocycles. The van der Waals surface area contributed by atoms with Crippen molar-refractivity contribution < 1.29 is 4.79 Å². The summed E-state index contributed by atoms with van der Waals surface area (Å²) in [6.07, 6.45) is 4.69. The van der Waals surface area contributed by atoms with E-state index < -0.39 is 5.54 Å². The van der Waals surface area contributed by atoms with Gasteiger partial charge in [-0.3, -0.25) is 9.79 Å². The summed E-state index contributed by atoms with van der Waals surface area (Å²) in [6.45, 7) is 9.97. The normalized spacial score (nSPS) is 21.7. The summed E-state index contributed by atoms with van der Waals surface area (Å²) in [6, 6.07) is 14.9. The van der Waals surface area contributed by atoms with E-state index in [2.05, 4.69) is 79.2 Å². The van der Waals surface area contributed by atoms with Gasteiger partial charge in [-0.25, -0.2) is 0 Å². The van der Waals surface area contributed by atoms with Crippen LogP contribution in [0.1, 0.15) is 69.7 Å². The van der Waals surface area contributed by atoms with Crippen molar-refractivity contribution in [1.82, 2.24) is 0 Å². The molecule has 0 heterocycles. The van der Waals surface area contributed by atoms with E-state index in [1.165, 1.54) is 16.7 Å². The van der Waals surface area contributed by atoms with Crippen molar-refractivity contribution in [2.75, 3.05) is 0 Å². The molecule has 2 aliphatic carbocycles. The number of amidine groups is 1. The lowest BCUT2D eigenvalue weighted by molar-refractivity contribution is -0.127. The Balaban J connectivity index is 0.000000628. The Kier molecular flexibility index (Phi) is 7.10. The van der Waals surface area contributed by atoms with Crippen LogP contribution >= 0.6 is 15.9 Å². The van der Waals surface area contributed by atoms with Crippen molar-refractivity contribution >= 4 is 27.5 Å². The minimum absolute atomic E-state index is 0.0927. The minimum atomic E-state index is -0.896. The molecule has 4 rings (SSSR count). The lowest BCUT2D eigenvalue weighted by atomic mass is 9.63. The molecule has 0 fully saturated rings. The number of fused-ring (bicyclic) bond motifs is 2. The lowest BCUT2D eigenvalue weighted by Crippen LogP contribution is -2.48. The fourth-order valence-electron chi connectivity index (χ4n) is 5.36. The molecule has 2 aliphatic rings. The third kappa shape index (κ3) is 4.50. The first-order valence-corrected chi connectivity index (χ1v) is 12.1. The Bertz CT molecular complexity index is 961. The maximum atomic E-state index is 13.3. The number of carbonyl (C=O) groups excluding carboxylic acids is 1. The quantitative estimate of drug-likeness (QED) is 0.397. The van der Waals surface area contributed by atoms with Gasteiger partial charge in [0.1, 0.15) is 0 Å². The Morgan fingerprint density at radius 1 is 1.00 bits per heavy atom. The average molecular weight is 483 g/mol. The molecule has 1 spiro atoms. The predicted octanol–water partition coefficient (Wildman–Crippen LogP) is 6.39. The fraction of sp³-hybridized carbons (Fsp3) is 0.481. The Labute approximate surface area is 195 Å². The number of nitrogens with zero attached hydrogens (tertiary/aromatic N) is 1. The second-order valence-corrected chi connectivity index (χ2v) is 10.7. The van der Waals surface area contributed by atoms with E-state index >= 15 is 0 Å². The number of aryl methyl sites for hydroxylation is 2. The van der Waals surface area contributed by atoms with Gasteiger partial charge in [0.2, 0.25) is 0 Å². The molecule has 2 N–H and O–H groups in total. The molecule has 1 unspecified atom stereocenters. The van der Waals surface area contributed by atoms with Crippen LogP contribution in [0.4, 0.5) is 0 Å². The second kappa shape index (κ2) is 9.28. The third-order valence-electron chi connectivity index (χ3n) is 6.48. The van der Waals surface area contributed by atoms with E-state index in [1.807, 2.05) is 0 Å². The molecule has 0 aliphatic heterocycles. The predicted molar refractivity (Wildman–Crippen MR) is 134 cm³/mol. The highest BCUT2D eigenvalue weighted by Gasteiger charge is 2.60. The number of carbonyl (C=O) groups is 1. The number of halogens is 1. The molecular formula is C27H35BrN2O. The zero-order chi connectivity index (χ0) is 22.8. The van der Waals surface area contributed by atoms with Crippen LogP contribution in [0, 0.1) is 11.3 Å². The van der Waals surface area contributed by atoms with E-state index in [9.17, 15) is 4.79 Å². The van der Waals surface area contributed by atoms with Gasteiger partial charge in [0.05, 0.1) is 5.84 Å². The van der Waals surface area contributed by atoms with Crippen molar-refractivity contribution in [3.8, 4) is 0 Å². The molecule has 0 amide bonds. The Morgan fingerprint density at radius 3 is 2.03 bits per heavy atom. The Hall–Kier alpha value is -1.94. The topological polar surface area (TPSA) is 55.5 Å². The fourth-order valence-corrected chi connectivity index (χ4v) is 5.72. The number of aliphatic imine (C=N–C) groups is 1. The van der Waals surface area contributed by atoms with E-state index in [-0.39, 0.29) is 11.2 Å². The zero-order valence-corrected chi connectivity index (χ0v) is 21.1. The molecule has 0 saturated carbocycles. The third-order valence-corrected chi connectivity index (χ3v) is 6.97. The molecule has 0 radical (unpaired) electrons. The van der Waals surface area contributed by atoms with E-state index in [1.54, 1.807) is 13.8 Å². The highest BCUT2D eigenvalue weighted by molar-refractivity contribution is 9.10. The van der Waals surface area contributed by atoms with Gasteiger partial charge in [-0.05, 0) is 86.3 Å². The molecule has 1 atom stereocenters. The first kappa shape index (κ1) is 23.7. The Morgan fingerprint density at radius 2 is 1.55 bits per heavy atom. The van der Waals surface area contributed by atoms with Crippen LogP contribution < -0.4 is 5.73 Å². The second-order valence-electron chi connectivity index (χ2n) is 9.78. The first-order chi connectivity index (χ1) is 14.6. The van der Waals surface area contributed by atoms with Gasteiger partial charge in [-0.15, -0.1) is 0 Å². The molecule has 3 nitrogen and oxygen atoms in total. The molecular weight excluding hydrogens is 448 g/mol. The van der Waals surface area contributed by atoms with Crippen LogP contribution in [0.3, 0.4) is 0 Å². The van der Waals surface area contributed by atoms with Crippen molar-refractivity contribution in [2.24, 2.45) is 22.1 Å². The molecule has 31 heavy (non-hydrogen) atoms. The summed E-state index contributed by atoms with van der Waals surface area (Å²) in [5, 5.41) is 0. The van der Waals surface area contributed by atoms with E-state index in [0.29, 0.717) is 5.84 Å². The van der Waals surface area contributed by atoms with Crippen molar-refractivity contribution in [2.45, 2.75) is 72.3 Å². The largest absolute Gasteiger partial charge is 0.388 e. The van der Waals surface area contributed by atoms with Gasteiger partial charge >= 0.3 is 0 Å². The lowest BCUT2D eigenvalue weighted by Gasteiger charge is -2.42. The van der Waals surface area contributed by atoms with Gasteiger partial charge < -0.3 is 5.73 Å². The van der Waals surface area contributed by atoms with Crippen molar-refractivity contribution in [3.63, 3.8) is 0 Å². The number of hydrogen-bond acceptors (Lipinski definition) is 2. The first-order valence-electron chi connectivity index (χ1n) is 11.3. The zero-order valence-electron chi connectivity index (χ0n) is 19.5. The number of Topliss-reactive ketones (excluding diaryl/α,β-unsaturated/α-hetero) is 1. The van der Waals surface area contributed by atoms with Crippen LogP contribution in [0.25, 0.3) is 0 Å². The number of benzene rings is 2. The van der Waals surface area contributed by atoms with Crippen LogP contribution in [0.15, 0.2) is 51.9 Å². The monoisotopic (exact) mass is 482 g/mol. The molecule has 0 bridgehead atoms. The maximum absolute atomic E-state index is 13.3. The molecule has 166 valence electrons. The summed E-state index contributed by atoms with van der Waals surface area (Å²) in [5.74, 6) is 1.40. The summed E-state index contributed by atoms with van der Waals surface area (Å²) in [5.41, 5.74) is 10.0. The average Bonchev–Trinajstić information content (AvgIpc) is 2.81. The molecule has 4 heteroatoms. The van der Waals surface area contributed by atoms with Crippen LogP contribution in [0.2, 0.25) is 0 Å². The van der Waals surface area contributed by atoms with Crippen molar-refractivity contribution in [1.29, 1.82) is 0 Å². The van der Waals surface area contributed by atoms with Gasteiger partial charge in [0, 0.05) is 9.89 Å².